The second-order valence-electron chi connectivity index (χ2n) is 7.71. The van der Waals surface area contributed by atoms with E-state index in [1.54, 1.807) is 0 Å². The van der Waals surface area contributed by atoms with Gasteiger partial charge in [0.25, 0.3) is 0 Å². The van der Waals surface area contributed by atoms with Gasteiger partial charge >= 0.3 is 0 Å². The molecule has 1 aliphatic heterocycles. The van der Waals surface area contributed by atoms with E-state index in [0.717, 1.165) is 25.9 Å². The maximum atomic E-state index is 2.66. The summed E-state index contributed by atoms with van der Waals surface area (Å²) in [7, 11) is 0. The van der Waals surface area contributed by atoms with Crippen molar-refractivity contribution in [3.05, 3.63) is 106 Å². The van der Waals surface area contributed by atoms with Gasteiger partial charge in [-0.3, -0.25) is 4.90 Å². The van der Waals surface area contributed by atoms with Crippen LogP contribution in [0.2, 0.25) is 0 Å². The van der Waals surface area contributed by atoms with Gasteiger partial charge in [0.15, 0.2) is 0 Å². The van der Waals surface area contributed by atoms with Crippen molar-refractivity contribution < 1.29 is 0 Å². The van der Waals surface area contributed by atoms with E-state index in [2.05, 4.69) is 91.5 Å². The van der Waals surface area contributed by atoms with Crippen LogP contribution in [0.3, 0.4) is 0 Å². The second kappa shape index (κ2) is 7.47. The van der Waals surface area contributed by atoms with E-state index in [1.807, 2.05) is 0 Å². The minimum atomic E-state index is 0.548. The highest BCUT2D eigenvalue weighted by molar-refractivity contribution is 5.35. The lowest BCUT2D eigenvalue weighted by Crippen LogP contribution is -2.41. The van der Waals surface area contributed by atoms with Crippen LogP contribution < -0.4 is 0 Å². The molecule has 0 N–H and O–H groups in total. The zero-order chi connectivity index (χ0) is 17.9. The predicted octanol–water partition coefficient (Wildman–Crippen LogP) is 5.47. The third kappa shape index (κ3) is 3.89. The maximum Gasteiger partial charge on any atom is 0.0243 e. The van der Waals surface area contributed by atoms with Gasteiger partial charge in [-0.15, -0.1) is 0 Å². The van der Waals surface area contributed by atoms with Crippen LogP contribution >= 0.6 is 0 Å². The van der Waals surface area contributed by atoms with Crippen LogP contribution in [-0.4, -0.2) is 10.9 Å². The zero-order valence-electron chi connectivity index (χ0n) is 15.8. The van der Waals surface area contributed by atoms with Crippen molar-refractivity contribution in [3.63, 3.8) is 0 Å². The van der Waals surface area contributed by atoms with Crippen LogP contribution in [0.1, 0.15) is 33.4 Å². The Balaban J connectivity index is 1.62. The van der Waals surface area contributed by atoms with E-state index < -0.39 is 0 Å². The molecule has 0 spiro atoms. The molecule has 0 radical (unpaired) electrons. The predicted molar refractivity (Wildman–Crippen MR) is 109 cm³/mol. The van der Waals surface area contributed by atoms with E-state index in [9.17, 15) is 0 Å². The molecule has 0 aliphatic carbocycles. The Hall–Kier alpha value is -2.38. The molecule has 3 aromatic rings. The summed E-state index contributed by atoms with van der Waals surface area (Å²) in [4.78, 5) is 2.66. The van der Waals surface area contributed by atoms with Gasteiger partial charge in [-0.2, -0.15) is 0 Å². The normalized spacial score (nSPS) is 17.1. The average Bonchev–Trinajstić information content (AvgIpc) is 2.63. The molecule has 3 aromatic carbocycles. The molecule has 4 rings (SSSR count). The first-order valence-corrected chi connectivity index (χ1v) is 9.59. The van der Waals surface area contributed by atoms with Crippen LogP contribution in [0.25, 0.3) is 0 Å². The molecule has 26 heavy (non-hydrogen) atoms. The lowest BCUT2D eigenvalue weighted by molar-refractivity contribution is 0.161. The minimum absolute atomic E-state index is 0.548. The van der Waals surface area contributed by atoms with Gasteiger partial charge in [0.2, 0.25) is 0 Å². The quantitative estimate of drug-likeness (QED) is 0.608. The molecule has 1 heterocycles. The summed E-state index contributed by atoms with van der Waals surface area (Å²) >= 11 is 0. The van der Waals surface area contributed by atoms with Crippen LogP contribution in [0.5, 0.6) is 0 Å². The molecule has 1 nitrogen and oxygen atoms in total. The highest BCUT2D eigenvalue weighted by atomic mass is 15.2. The van der Waals surface area contributed by atoms with Gasteiger partial charge in [0, 0.05) is 19.1 Å². The first-order chi connectivity index (χ1) is 12.7. The first kappa shape index (κ1) is 17.1. The van der Waals surface area contributed by atoms with Crippen molar-refractivity contribution in [1.82, 2.24) is 4.90 Å². The highest BCUT2D eigenvalue weighted by Crippen LogP contribution is 2.28. The molecule has 1 unspecified atom stereocenters. The number of fused-ring (bicyclic) bond motifs is 1. The number of nitrogens with zero attached hydrogens (tertiary/aromatic N) is 1. The smallest absolute Gasteiger partial charge is 0.0243 e. The molecule has 1 heteroatoms. The van der Waals surface area contributed by atoms with Gasteiger partial charge in [0.05, 0.1) is 0 Å². The standard InChI is InChI=1S/C25H27N/c1-19-7-6-10-22(13-19)15-25-16-24-14-20(2)11-12-23(24)18-26(25)17-21-8-4-3-5-9-21/h3-14,25H,15-18H2,1-2H3. The Morgan fingerprint density at radius 2 is 1.54 bits per heavy atom. The van der Waals surface area contributed by atoms with Crippen molar-refractivity contribution in [2.24, 2.45) is 0 Å². The fourth-order valence-electron chi connectivity index (χ4n) is 4.15. The van der Waals surface area contributed by atoms with Crippen molar-refractivity contribution in [1.29, 1.82) is 0 Å². The summed E-state index contributed by atoms with van der Waals surface area (Å²) in [5.41, 5.74) is 8.60. The second-order valence-corrected chi connectivity index (χ2v) is 7.71. The number of hydrogen-bond acceptors (Lipinski definition) is 1. The molecule has 1 aliphatic rings. The summed E-state index contributed by atoms with van der Waals surface area (Å²) in [6, 6.07) is 27.4. The van der Waals surface area contributed by atoms with E-state index in [0.29, 0.717) is 6.04 Å². The van der Waals surface area contributed by atoms with Gasteiger partial charge in [-0.1, -0.05) is 83.9 Å². The maximum absolute atomic E-state index is 2.66. The van der Waals surface area contributed by atoms with Crippen LogP contribution in [0.4, 0.5) is 0 Å². The number of aryl methyl sites for hydroxylation is 2. The van der Waals surface area contributed by atoms with Gasteiger partial charge in [0.1, 0.15) is 0 Å². The minimum Gasteiger partial charge on any atom is -0.291 e. The molecule has 0 saturated carbocycles. The van der Waals surface area contributed by atoms with Crippen molar-refractivity contribution in [3.8, 4) is 0 Å². The lowest BCUT2D eigenvalue weighted by Gasteiger charge is -2.37. The fraction of sp³-hybridized carbons (Fsp3) is 0.280. The van der Waals surface area contributed by atoms with E-state index >= 15 is 0 Å². The fourth-order valence-corrected chi connectivity index (χ4v) is 4.15. The number of hydrogen-bond donors (Lipinski definition) is 0. The van der Waals surface area contributed by atoms with Crippen LogP contribution in [0, 0.1) is 13.8 Å². The Kier molecular flexibility index (Phi) is 4.90. The summed E-state index contributed by atoms with van der Waals surface area (Å²) in [5, 5.41) is 0. The van der Waals surface area contributed by atoms with Crippen LogP contribution in [0.15, 0.2) is 72.8 Å². The summed E-state index contributed by atoms with van der Waals surface area (Å²) in [5.74, 6) is 0. The monoisotopic (exact) mass is 341 g/mol. The van der Waals surface area contributed by atoms with Gasteiger partial charge in [-0.25, -0.2) is 0 Å². The Labute approximate surface area is 157 Å². The topological polar surface area (TPSA) is 3.24 Å². The molecule has 0 fully saturated rings. The summed E-state index contributed by atoms with van der Waals surface area (Å²) < 4.78 is 0. The van der Waals surface area contributed by atoms with Crippen LogP contribution in [-0.2, 0) is 25.9 Å². The number of rotatable bonds is 4. The largest absolute Gasteiger partial charge is 0.291 e. The van der Waals surface area contributed by atoms with Crippen molar-refractivity contribution >= 4 is 0 Å². The van der Waals surface area contributed by atoms with E-state index in [-0.39, 0.29) is 0 Å². The molecule has 0 bridgehead atoms. The molecular formula is C25H27N. The van der Waals surface area contributed by atoms with E-state index in [4.69, 9.17) is 0 Å². The zero-order valence-corrected chi connectivity index (χ0v) is 15.8. The average molecular weight is 341 g/mol. The molecule has 132 valence electrons. The molecular weight excluding hydrogens is 314 g/mol. The van der Waals surface area contributed by atoms with Crippen molar-refractivity contribution in [2.45, 2.75) is 45.8 Å². The van der Waals surface area contributed by atoms with E-state index in [1.165, 1.54) is 33.4 Å². The number of benzene rings is 3. The van der Waals surface area contributed by atoms with Crippen molar-refractivity contribution in [2.75, 3.05) is 0 Å². The SMILES string of the molecule is Cc1cccc(CC2Cc3cc(C)ccc3CN2Cc2ccccc2)c1. The molecule has 0 saturated heterocycles. The first-order valence-electron chi connectivity index (χ1n) is 9.59. The summed E-state index contributed by atoms with van der Waals surface area (Å²) in [6.45, 7) is 6.45. The molecule has 1 atom stereocenters. The molecule has 0 amide bonds. The molecule has 0 aromatic heterocycles. The lowest BCUT2D eigenvalue weighted by atomic mass is 9.89. The highest BCUT2D eigenvalue weighted by Gasteiger charge is 2.26. The third-order valence-electron chi connectivity index (χ3n) is 5.49. The van der Waals surface area contributed by atoms with Gasteiger partial charge < -0.3 is 0 Å². The van der Waals surface area contributed by atoms with Gasteiger partial charge in [-0.05, 0) is 48.9 Å². The Morgan fingerprint density at radius 3 is 2.35 bits per heavy atom. The summed E-state index contributed by atoms with van der Waals surface area (Å²) in [6.07, 6.45) is 2.25. The Morgan fingerprint density at radius 1 is 0.769 bits per heavy atom. The Bertz CT molecular complexity index is 882. The third-order valence-corrected chi connectivity index (χ3v) is 5.49.